The average molecular weight is 240 g/mol. The third-order valence-electron chi connectivity index (χ3n) is 2.71. The maximum atomic E-state index is 11.8. The molecular weight excluding hydrogens is 216 g/mol. The van der Waals surface area contributed by atoms with Crippen molar-refractivity contribution in [1.29, 1.82) is 0 Å². The highest BCUT2D eigenvalue weighted by Crippen LogP contribution is 2.09. The number of rotatable bonds is 3. The lowest BCUT2D eigenvalue weighted by atomic mass is 10.1. The molecule has 1 heterocycles. The fourth-order valence-electron chi connectivity index (χ4n) is 2.01. The number of aliphatic hydroxyl groups is 1. The Labute approximate surface area is 104 Å². The molecule has 0 saturated carbocycles. The SMILES string of the molecule is CC(C)=CC(=O)N1CCN(CC(C)(C)O)CC1. The molecule has 0 unspecified atom stereocenters. The molecule has 0 aliphatic carbocycles. The molecular formula is C13H24N2O2. The van der Waals surface area contributed by atoms with Gasteiger partial charge in [-0.05, 0) is 27.7 Å². The molecule has 1 aliphatic heterocycles. The van der Waals surface area contributed by atoms with E-state index in [1.807, 2.05) is 32.6 Å². The highest BCUT2D eigenvalue weighted by atomic mass is 16.3. The maximum absolute atomic E-state index is 11.8. The molecule has 0 aromatic heterocycles. The number of β-amino-alcohol motifs (C(OH)–C–C–N with tert-alkyl or cyclic N) is 1. The van der Waals surface area contributed by atoms with Gasteiger partial charge in [0.15, 0.2) is 0 Å². The monoisotopic (exact) mass is 240 g/mol. The first-order valence-corrected chi connectivity index (χ1v) is 6.16. The lowest BCUT2D eigenvalue weighted by Crippen LogP contribution is -2.51. The van der Waals surface area contributed by atoms with Gasteiger partial charge in [0.25, 0.3) is 0 Å². The van der Waals surface area contributed by atoms with E-state index in [0.717, 1.165) is 31.8 Å². The Bertz CT molecular complexity index is 293. The van der Waals surface area contributed by atoms with Crippen molar-refractivity contribution in [2.24, 2.45) is 0 Å². The van der Waals surface area contributed by atoms with Gasteiger partial charge < -0.3 is 10.0 Å². The maximum Gasteiger partial charge on any atom is 0.246 e. The minimum atomic E-state index is -0.661. The minimum Gasteiger partial charge on any atom is -0.389 e. The van der Waals surface area contributed by atoms with Crippen molar-refractivity contribution in [3.8, 4) is 0 Å². The molecule has 1 aliphatic rings. The van der Waals surface area contributed by atoms with Crippen LogP contribution in [-0.4, -0.2) is 59.1 Å². The quantitative estimate of drug-likeness (QED) is 0.744. The largest absolute Gasteiger partial charge is 0.389 e. The van der Waals surface area contributed by atoms with Crippen molar-refractivity contribution >= 4 is 5.91 Å². The summed E-state index contributed by atoms with van der Waals surface area (Å²) in [6.45, 7) is 11.3. The van der Waals surface area contributed by atoms with Gasteiger partial charge in [-0.3, -0.25) is 9.69 Å². The summed E-state index contributed by atoms with van der Waals surface area (Å²) in [5.74, 6) is 0.105. The first-order chi connectivity index (χ1) is 7.78. The Morgan fingerprint density at radius 2 is 1.76 bits per heavy atom. The highest BCUT2D eigenvalue weighted by molar-refractivity contribution is 5.88. The smallest absolute Gasteiger partial charge is 0.246 e. The van der Waals surface area contributed by atoms with Crippen molar-refractivity contribution in [1.82, 2.24) is 9.80 Å². The molecule has 1 saturated heterocycles. The van der Waals surface area contributed by atoms with Gasteiger partial charge in [0, 0.05) is 38.8 Å². The summed E-state index contributed by atoms with van der Waals surface area (Å²) in [5.41, 5.74) is 0.375. The van der Waals surface area contributed by atoms with E-state index in [0.29, 0.717) is 6.54 Å². The van der Waals surface area contributed by atoms with Gasteiger partial charge in [-0.1, -0.05) is 5.57 Å². The van der Waals surface area contributed by atoms with E-state index in [1.165, 1.54) is 0 Å². The lowest BCUT2D eigenvalue weighted by Gasteiger charge is -2.37. The molecule has 4 nitrogen and oxygen atoms in total. The van der Waals surface area contributed by atoms with Crippen LogP contribution in [0, 0.1) is 0 Å². The molecule has 0 atom stereocenters. The zero-order chi connectivity index (χ0) is 13.1. The van der Waals surface area contributed by atoms with E-state index in [4.69, 9.17) is 0 Å². The van der Waals surface area contributed by atoms with Crippen LogP contribution in [0.3, 0.4) is 0 Å². The van der Waals surface area contributed by atoms with Crippen LogP contribution in [0.15, 0.2) is 11.6 Å². The van der Waals surface area contributed by atoms with E-state index >= 15 is 0 Å². The summed E-state index contributed by atoms with van der Waals surface area (Å²) in [6, 6.07) is 0. The molecule has 1 rings (SSSR count). The Morgan fingerprint density at radius 3 is 2.18 bits per heavy atom. The van der Waals surface area contributed by atoms with Gasteiger partial charge in [0.2, 0.25) is 5.91 Å². The number of hydrogen-bond donors (Lipinski definition) is 1. The predicted octanol–water partition coefficient (Wildman–Crippen LogP) is 0.868. The number of hydrogen-bond acceptors (Lipinski definition) is 3. The van der Waals surface area contributed by atoms with E-state index in [-0.39, 0.29) is 5.91 Å². The van der Waals surface area contributed by atoms with Crippen molar-refractivity contribution < 1.29 is 9.90 Å². The summed E-state index contributed by atoms with van der Waals surface area (Å²) in [6.07, 6.45) is 1.69. The van der Waals surface area contributed by atoms with Crippen molar-refractivity contribution in [2.75, 3.05) is 32.7 Å². The second kappa shape index (κ2) is 5.65. The molecule has 0 aromatic carbocycles. The van der Waals surface area contributed by atoms with Gasteiger partial charge >= 0.3 is 0 Å². The van der Waals surface area contributed by atoms with Crippen molar-refractivity contribution in [3.05, 3.63) is 11.6 Å². The van der Waals surface area contributed by atoms with Crippen LogP contribution in [0.2, 0.25) is 0 Å². The van der Waals surface area contributed by atoms with E-state index < -0.39 is 5.60 Å². The Hall–Kier alpha value is -0.870. The van der Waals surface area contributed by atoms with Gasteiger partial charge in [0.05, 0.1) is 5.60 Å². The third-order valence-corrected chi connectivity index (χ3v) is 2.71. The van der Waals surface area contributed by atoms with Crippen molar-refractivity contribution in [3.63, 3.8) is 0 Å². The highest BCUT2D eigenvalue weighted by Gasteiger charge is 2.24. The number of nitrogens with zero attached hydrogens (tertiary/aromatic N) is 2. The molecule has 1 N–H and O–H groups in total. The third kappa shape index (κ3) is 5.33. The topological polar surface area (TPSA) is 43.8 Å². The normalized spacial score (nSPS) is 18.1. The van der Waals surface area contributed by atoms with Crippen LogP contribution >= 0.6 is 0 Å². The number of carbonyl (C=O) groups is 1. The Kier molecular flexibility index (Phi) is 4.71. The Morgan fingerprint density at radius 1 is 1.24 bits per heavy atom. The molecule has 1 amide bonds. The zero-order valence-electron chi connectivity index (χ0n) is 11.4. The lowest BCUT2D eigenvalue weighted by molar-refractivity contribution is -0.128. The summed E-state index contributed by atoms with van der Waals surface area (Å²) in [5, 5.41) is 9.73. The van der Waals surface area contributed by atoms with E-state index in [9.17, 15) is 9.90 Å². The van der Waals surface area contributed by atoms with E-state index in [2.05, 4.69) is 4.90 Å². The Balaban J connectivity index is 2.41. The second-order valence-electron chi connectivity index (χ2n) is 5.64. The van der Waals surface area contributed by atoms with Crippen LogP contribution in [0.25, 0.3) is 0 Å². The standard InChI is InChI=1S/C13H24N2O2/c1-11(2)9-12(16)15-7-5-14(6-8-15)10-13(3,4)17/h9,17H,5-8,10H2,1-4H3. The first-order valence-electron chi connectivity index (χ1n) is 6.16. The number of piperazine rings is 1. The molecule has 0 spiro atoms. The van der Waals surface area contributed by atoms with Gasteiger partial charge in [-0.15, -0.1) is 0 Å². The number of amides is 1. The molecule has 4 heteroatoms. The molecule has 0 aromatic rings. The minimum absolute atomic E-state index is 0.105. The first kappa shape index (κ1) is 14.2. The van der Waals surface area contributed by atoms with Crippen LogP contribution in [0.1, 0.15) is 27.7 Å². The fourth-order valence-corrected chi connectivity index (χ4v) is 2.01. The van der Waals surface area contributed by atoms with Gasteiger partial charge in [-0.2, -0.15) is 0 Å². The average Bonchev–Trinajstić information content (AvgIpc) is 2.15. The number of allylic oxidation sites excluding steroid dienone is 1. The van der Waals surface area contributed by atoms with Crippen LogP contribution in [0.5, 0.6) is 0 Å². The molecule has 0 bridgehead atoms. The predicted molar refractivity (Wildman–Crippen MR) is 68.7 cm³/mol. The molecule has 0 radical (unpaired) electrons. The summed E-state index contributed by atoms with van der Waals surface area (Å²) >= 11 is 0. The van der Waals surface area contributed by atoms with Crippen molar-refractivity contribution in [2.45, 2.75) is 33.3 Å². The van der Waals surface area contributed by atoms with Crippen LogP contribution in [0.4, 0.5) is 0 Å². The van der Waals surface area contributed by atoms with Gasteiger partial charge in [0.1, 0.15) is 0 Å². The van der Waals surface area contributed by atoms with Crippen LogP contribution < -0.4 is 0 Å². The summed E-state index contributed by atoms with van der Waals surface area (Å²) in [7, 11) is 0. The van der Waals surface area contributed by atoms with E-state index in [1.54, 1.807) is 6.08 Å². The summed E-state index contributed by atoms with van der Waals surface area (Å²) in [4.78, 5) is 15.9. The molecule has 1 fully saturated rings. The van der Waals surface area contributed by atoms with Crippen LogP contribution in [-0.2, 0) is 4.79 Å². The summed E-state index contributed by atoms with van der Waals surface area (Å²) < 4.78 is 0. The zero-order valence-corrected chi connectivity index (χ0v) is 11.4. The fraction of sp³-hybridized carbons (Fsp3) is 0.769. The molecule has 17 heavy (non-hydrogen) atoms. The second-order valence-corrected chi connectivity index (χ2v) is 5.64. The number of carbonyl (C=O) groups excluding carboxylic acids is 1. The van der Waals surface area contributed by atoms with Gasteiger partial charge in [-0.25, -0.2) is 0 Å². The molecule has 98 valence electrons.